The van der Waals surface area contributed by atoms with Crippen molar-refractivity contribution in [2.75, 3.05) is 33.4 Å². The Morgan fingerprint density at radius 1 is 1.24 bits per heavy atom. The van der Waals surface area contributed by atoms with Gasteiger partial charge >= 0.3 is 0 Å². The van der Waals surface area contributed by atoms with Crippen LogP contribution in [0.15, 0.2) is 0 Å². The van der Waals surface area contributed by atoms with Gasteiger partial charge in [0, 0.05) is 20.2 Å². The van der Waals surface area contributed by atoms with Gasteiger partial charge in [0.05, 0.1) is 6.61 Å². The van der Waals surface area contributed by atoms with Gasteiger partial charge < -0.3 is 9.64 Å². The molecule has 2 atom stereocenters. The molecular formula is C19H39NO. The van der Waals surface area contributed by atoms with Crippen molar-refractivity contribution in [1.29, 1.82) is 0 Å². The number of hydrogen-bond donors (Lipinski definition) is 0. The third-order valence-electron chi connectivity index (χ3n) is 5.52. The predicted octanol–water partition coefficient (Wildman–Crippen LogP) is 4.83. The summed E-state index contributed by atoms with van der Waals surface area (Å²) in [5.74, 6) is 1.68. The van der Waals surface area contributed by atoms with Crippen molar-refractivity contribution < 1.29 is 4.74 Å². The summed E-state index contributed by atoms with van der Waals surface area (Å²) >= 11 is 0. The van der Waals surface area contributed by atoms with Gasteiger partial charge in [-0.15, -0.1) is 0 Å². The number of hydrogen-bond acceptors (Lipinski definition) is 2. The molecule has 1 fully saturated rings. The molecule has 1 saturated heterocycles. The highest BCUT2D eigenvalue weighted by Gasteiger charge is 2.38. The zero-order valence-corrected chi connectivity index (χ0v) is 15.7. The van der Waals surface area contributed by atoms with Crippen LogP contribution >= 0.6 is 0 Å². The van der Waals surface area contributed by atoms with Crippen molar-refractivity contribution in [2.45, 2.75) is 67.2 Å². The Hall–Kier alpha value is -0.0800. The topological polar surface area (TPSA) is 12.5 Å². The molecule has 2 heteroatoms. The van der Waals surface area contributed by atoms with Crippen molar-refractivity contribution in [3.8, 4) is 0 Å². The molecule has 1 aliphatic heterocycles. The van der Waals surface area contributed by atoms with E-state index in [0.29, 0.717) is 10.8 Å². The van der Waals surface area contributed by atoms with Crippen LogP contribution in [0.1, 0.15) is 67.2 Å². The molecular weight excluding hydrogens is 258 g/mol. The molecule has 0 bridgehead atoms. The summed E-state index contributed by atoms with van der Waals surface area (Å²) in [4.78, 5) is 2.58. The van der Waals surface area contributed by atoms with E-state index in [4.69, 9.17) is 4.74 Å². The lowest BCUT2D eigenvalue weighted by Gasteiger charge is -2.40. The van der Waals surface area contributed by atoms with Crippen LogP contribution in [-0.2, 0) is 4.74 Å². The maximum atomic E-state index is 5.22. The maximum Gasteiger partial charge on any atom is 0.0589 e. The van der Waals surface area contributed by atoms with Crippen molar-refractivity contribution >= 4 is 0 Å². The van der Waals surface area contributed by atoms with Gasteiger partial charge in [-0.1, -0.05) is 48.0 Å². The van der Waals surface area contributed by atoms with E-state index < -0.39 is 0 Å². The van der Waals surface area contributed by atoms with Gasteiger partial charge in [-0.05, 0) is 48.5 Å². The first-order valence-corrected chi connectivity index (χ1v) is 8.91. The lowest BCUT2D eigenvalue weighted by atomic mass is 9.65. The monoisotopic (exact) mass is 297 g/mol. The third-order valence-corrected chi connectivity index (χ3v) is 5.52. The van der Waals surface area contributed by atoms with E-state index in [1.54, 1.807) is 7.11 Å². The zero-order valence-electron chi connectivity index (χ0n) is 15.7. The minimum Gasteiger partial charge on any atom is -0.383 e. The van der Waals surface area contributed by atoms with Crippen molar-refractivity contribution in [1.82, 2.24) is 4.90 Å². The zero-order chi connectivity index (χ0) is 16.1. The Morgan fingerprint density at radius 3 is 2.48 bits per heavy atom. The molecule has 0 aromatic rings. The van der Waals surface area contributed by atoms with Crippen LogP contribution in [0.2, 0.25) is 0 Å². The third kappa shape index (κ3) is 6.28. The van der Waals surface area contributed by atoms with Crippen LogP contribution < -0.4 is 0 Å². The minimum absolute atomic E-state index is 0.443. The second kappa shape index (κ2) is 7.97. The lowest BCUT2D eigenvalue weighted by molar-refractivity contribution is 0.0997. The van der Waals surface area contributed by atoms with Crippen molar-refractivity contribution in [3.63, 3.8) is 0 Å². The highest BCUT2D eigenvalue weighted by molar-refractivity contribution is 4.90. The van der Waals surface area contributed by atoms with E-state index in [2.05, 4.69) is 46.4 Å². The predicted molar refractivity (Wildman–Crippen MR) is 92.7 cm³/mol. The first-order chi connectivity index (χ1) is 9.70. The summed E-state index contributed by atoms with van der Waals surface area (Å²) < 4.78 is 5.22. The number of methoxy groups -OCH3 is 1. The number of ether oxygens (including phenoxy) is 1. The highest BCUT2D eigenvalue weighted by atomic mass is 16.5. The van der Waals surface area contributed by atoms with Crippen LogP contribution in [0.5, 0.6) is 0 Å². The Labute approximate surface area is 133 Å². The SMILES string of the molecule is CCC(C)CC(C)(C)CC(C)(C)C1CCN(CCOC)C1. The molecule has 0 N–H and O–H groups in total. The molecule has 21 heavy (non-hydrogen) atoms. The van der Waals surface area contributed by atoms with E-state index in [-0.39, 0.29) is 0 Å². The molecule has 0 aromatic heterocycles. The average Bonchev–Trinajstić information content (AvgIpc) is 2.83. The molecule has 0 spiro atoms. The quantitative estimate of drug-likeness (QED) is 0.604. The summed E-state index contributed by atoms with van der Waals surface area (Å²) in [5.41, 5.74) is 0.900. The lowest BCUT2D eigenvalue weighted by Crippen LogP contribution is -2.34. The fraction of sp³-hybridized carbons (Fsp3) is 1.00. The standard InChI is InChI=1S/C19H39NO/c1-8-16(2)13-18(3,4)15-19(5,6)17-9-10-20(14-17)11-12-21-7/h16-17H,8-15H2,1-7H3. The molecule has 1 rings (SSSR count). The molecule has 2 unspecified atom stereocenters. The largest absolute Gasteiger partial charge is 0.383 e. The first kappa shape index (κ1) is 19.0. The summed E-state index contributed by atoms with van der Waals surface area (Å²) in [6.45, 7) is 19.1. The molecule has 0 radical (unpaired) electrons. The molecule has 0 aliphatic carbocycles. The van der Waals surface area contributed by atoms with Gasteiger partial charge in [-0.25, -0.2) is 0 Å². The molecule has 126 valence electrons. The highest BCUT2D eigenvalue weighted by Crippen LogP contribution is 2.45. The Bertz CT molecular complexity index is 298. The van der Waals surface area contributed by atoms with Crippen LogP contribution in [0, 0.1) is 22.7 Å². The normalized spacial score (nSPS) is 22.7. The van der Waals surface area contributed by atoms with Gasteiger partial charge in [-0.3, -0.25) is 0 Å². The van der Waals surface area contributed by atoms with E-state index in [1.165, 1.54) is 38.8 Å². The van der Waals surface area contributed by atoms with Gasteiger partial charge in [0.1, 0.15) is 0 Å². The van der Waals surface area contributed by atoms with Crippen molar-refractivity contribution in [2.24, 2.45) is 22.7 Å². The Kier molecular flexibility index (Phi) is 7.19. The molecule has 0 saturated carbocycles. The van der Waals surface area contributed by atoms with E-state index in [0.717, 1.165) is 25.0 Å². The van der Waals surface area contributed by atoms with Gasteiger partial charge in [0.2, 0.25) is 0 Å². The molecule has 1 heterocycles. The molecule has 0 amide bonds. The van der Waals surface area contributed by atoms with Crippen LogP contribution in [-0.4, -0.2) is 38.3 Å². The van der Waals surface area contributed by atoms with E-state index >= 15 is 0 Å². The summed E-state index contributed by atoms with van der Waals surface area (Å²) in [7, 11) is 1.80. The average molecular weight is 298 g/mol. The van der Waals surface area contributed by atoms with Crippen LogP contribution in [0.25, 0.3) is 0 Å². The smallest absolute Gasteiger partial charge is 0.0589 e. The molecule has 1 aliphatic rings. The summed E-state index contributed by atoms with van der Waals surface area (Å²) in [6.07, 6.45) is 5.36. The number of likely N-dealkylation sites (tertiary alicyclic amines) is 1. The van der Waals surface area contributed by atoms with Gasteiger partial charge in [0.25, 0.3) is 0 Å². The second-order valence-corrected chi connectivity index (χ2v) is 8.83. The summed E-state index contributed by atoms with van der Waals surface area (Å²) in [6, 6.07) is 0. The molecule has 2 nitrogen and oxygen atoms in total. The fourth-order valence-electron chi connectivity index (χ4n) is 4.43. The Balaban J connectivity index is 2.53. The van der Waals surface area contributed by atoms with Gasteiger partial charge in [0.15, 0.2) is 0 Å². The second-order valence-electron chi connectivity index (χ2n) is 8.83. The minimum atomic E-state index is 0.443. The number of rotatable bonds is 9. The first-order valence-electron chi connectivity index (χ1n) is 8.91. The van der Waals surface area contributed by atoms with Crippen LogP contribution in [0.3, 0.4) is 0 Å². The summed E-state index contributed by atoms with van der Waals surface area (Å²) in [5, 5.41) is 0. The molecule has 0 aromatic carbocycles. The van der Waals surface area contributed by atoms with Gasteiger partial charge in [-0.2, -0.15) is 0 Å². The maximum absolute atomic E-state index is 5.22. The Morgan fingerprint density at radius 2 is 1.90 bits per heavy atom. The fourth-order valence-corrected chi connectivity index (χ4v) is 4.43. The van der Waals surface area contributed by atoms with Crippen molar-refractivity contribution in [3.05, 3.63) is 0 Å². The van der Waals surface area contributed by atoms with Crippen LogP contribution in [0.4, 0.5) is 0 Å². The van der Waals surface area contributed by atoms with E-state index in [1.807, 2.05) is 0 Å². The number of nitrogens with zero attached hydrogens (tertiary/aromatic N) is 1. The van der Waals surface area contributed by atoms with E-state index in [9.17, 15) is 0 Å².